The van der Waals surface area contributed by atoms with Crippen molar-refractivity contribution >= 4 is 35.4 Å². The van der Waals surface area contributed by atoms with E-state index in [2.05, 4.69) is 5.32 Å². The van der Waals surface area contributed by atoms with Gasteiger partial charge in [-0.25, -0.2) is 4.79 Å². The van der Waals surface area contributed by atoms with Crippen LogP contribution in [0.3, 0.4) is 0 Å². The topological polar surface area (TPSA) is 64.6 Å². The molecule has 0 aliphatic heterocycles. The first kappa shape index (κ1) is 20.6. The van der Waals surface area contributed by atoms with Crippen molar-refractivity contribution in [2.75, 3.05) is 18.7 Å². The van der Waals surface area contributed by atoms with E-state index in [0.29, 0.717) is 11.4 Å². The van der Waals surface area contributed by atoms with Gasteiger partial charge < -0.3 is 14.8 Å². The summed E-state index contributed by atoms with van der Waals surface area (Å²) in [5.74, 6) is -0.464. The van der Waals surface area contributed by atoms with Gasteiger partial charge in [0.05, 0.1) is 12.8 Å². The first-order chi connectivity index (χ1) is 12.9. The van der Waals surface area contributed by atoms with Crippen LogP contribution < -0.4 is 10.1 Å². The second-order valence-electron chi connectivity index (χ2n) is 5.88. The lowest BCUT2D eigenvalue weighted by atomic mass is 10.2. The molecular formula is C21H23NO4S. The Kier molecular flexibility index (Phi) is 7.49. The number of esters is 1. The molecule has 0 spiro atoms. The van der Waals surface area contributed by atoms with Crippen molar-refractivity contribution in [2.45, 2.75) is 24.8 Å². The van der Waals surface area contributed by atoms with Crippen molar-refractivity contribution in [3.63, 3.8) is 0 Å². The van der Waals surface area contributed by atoms with Crippen LogP contribution in [0.15, 0.2) is 53.4 Å². The Labute approximate surface area is 163 Å². The Bertz CT molecular complexity index is 831. The Balaban J connectivity index is 1.94. The second kappa shape index (κ2) is 9.83. The number of hydrogen-bond acceptors (Lipinski definition) is 5. The Morgan fingerprint density at radius 1 is 1.15 bits per heavy atom. The molecule has 27 heavy (non-hydrogen) atoms. The molecule has 0 radical (unpaired) electrons. The molecule has 0 bridgehead atoms. The van der Waals surface area contributed by atoms with Gasteiger partial charge >= 0.3 is 5.97 Å². The highest BCUT2D eigenvalue weighted by Gasteiger charge is 2.18. The number of nitrogens with one attached hydrogen (secondary N) is 1. The number of ether oxygens (including phenoxy) is 2. The van der Waals surface area contributed by atoms with E-state index in [1.165, 1.54) is 20.1 Å². The number of amides is 1. The molecule has 0 saturated carbocycles. The molecule has 0 fully saturated rings. The van der Waals surface area contributed by atoms with Gasteiger partial charge in [-0.15, -0.1) is 11.8 Å². The lowest BCUT2D eigenvalue weighted by Crippen LogP contribution is -2.29. The standard InChI is InChI=1S/C21H23NO4S/c1-14-5-11-19(25-3)18(13-14)22-21(24)15(2)26-20(23)12-8-16-6-9-17(27-4)10-7-16/h5-13,15H,1-4H3,(H,22,24)/b12-8+/t15-/m0/s1. The molecule has 6 heteroatoms. The number of hydrogen-bond donors (Lipinski definition) is 1. The third-order valence-corrected chi connectivity index (χ3v) is 4.55. The van der Waals surface area contributed by atoms with Gasteiger partial charge in [-0.2, -0.15) is 0 Å². The quantitative estimate of drug-likeness (QED) is 0.437. The minimum atomic E-state index is -0.939. The zero-order valence-electron chi connectivity index (χ0n) is 15.8. The van der Waals surface area contributed by atoms with E-state index < -0.39 is 18.0 Å². The van der Waals surface area contributed by atoms with Gasteiger partial charge in [0.1, 0.15) is 5.75 Å². The SMILES string of the molecule is COc1ccc(C)cc1NC(=O)[C@H](C)OC(=O)/C=C/c1ccc(SC)cc1. The Morgan fingerprint density at radius 3 is 2.48 bits per heavy atom. The lowest BCUT2D eigenvalue weighted by molar-refractivity contribution is -0.148. The number of benzene rings is 2. The predicted molar refractivity (Wildman–Crippen MR) is 109 cm³/mol. The van der Waals surface area contributed by atoms with Crippen LogP contribution in [0.4, 0.5) is 5.69 Å². The van der Waals surface area contributed by atoms with Crippen LogP contribution in [-0.2, 0) is 14.3 Å². The Hall–Kier alpha value is -2.73. The smallest absolute Gasteiger partial charge is 0.331 e. The van der Waals surface area contributed by atoms with Gasteiger partial charge in [-0.3, -0.25) is 4.79 Å². The Morgan fingerprint density at radius 2 is 1.85 bits per heavy atom. The highest BCUT2D eigenvalue weighted by molar-refractivity contribution is 7.98. The minimum Gasteiger partial charge on any atom is -0.495 e. The number of methoxy groups -OCH3 is 1. The molecule has 5 nitrogen and oxygen atoms in total. The molecule has 0 aromatic heterocycles. The molecule has 0 heterocycles. The molecule has 0 saturated heterocycles. The summed E-state index contributed by atoms with van der Waals surface area (Å²) in [5.41, 5.74) is 2.40. The van der Waals surface area contributed by atoms with E-state index in [-0.39, 0.29) is 0 Å². The maximum atomic E-state index is 12.3. The van der Waals surface area contributed by atoms with Crippen molar-refractivity contribution < 1.29 is 19.1 Å². The van der Waals surface area contributed by atoms with Gasteiger partial charge in [-0.1, -0.05) is 18.2 Å². The van der Waals surface area contributed by atoms with E-state index >= 15 is 0 Å². The third kappa shape index (κ3) is 6.18. The highest BCUT2D eigenvalue weighted by Crippen LogP contribution is 2.25. The van der Waals surface area contributed by atoms with Gasteiger partial charge in [-0.05, 0) is 61.6 Å². The van der Waals surface area contributed by atoms with Gasteiger partial charge in [0.25, 0.3) is 5.91 Å². The molecule has 2 aromatic rings. The van der Waals surface area contributed by atoms with E-state index in [1.54, 1.807) is 30.0 Å². The van der Waals surface area contributed by atoms with Crippen molar-refractivity contribution in [1.29, 1.82) is 0 Å². The average Bonchev–Trinajstić information content (AvgIpc) is 2.67. The number of carbonyl (C=O) groups excluding carboxylic acids is 2. The van der Waals surface area contributed by atoms with Crippen LogP contribution in [0.5, 0.6) is 5.75 Å². The summed E-state index contributed by atoms with van der Waals surface area (Å²) in [4.78, 5) is 25.4. The van der Waals surface area contributed by atoms with Gasteiger partial charge in [0.15, 0.2) is 6.10 Å². The fourth-order valence-corrected chi connectivity index (χ4v) is 2.71. The largest absolute Gasteiger partial charge is 0.495 e. The van der Waals surface area contributed by atoms with Crippen molar-refractivity contribution in [1.82, 2.24) is 0 Å². The molecule has 1 amide bonds. The van der Waals surface area contributed by atoms with Crippen LogP contribution in [0.1, 0.15) is 18.1 Å². The number of thioether (sulfide) groups is 1. The average molecular weight is 385 g/mol. The number of rotatable bonds is 7. The van der Waals surface area contributed by atoms with E-state index in [1.807, 2.05) is 43.5 Å². The molecule has 142 valence electrons. The summed E-state index contributed by atoms with van der Waals surface area (Å²) in [5, 5.41) is 2.73. The number of carbonyl (C=O) groups is 2. The molecule has 1 N–H and O–H groups in total. The first-order valence-electron chi connectivity index (χ1n) is 8.41. The fourth-order valence-electron chi connectivity index (χ4n) is 2.30. The third-order valence-electron chi connectivity index (χ3n) is 3.80. The van der Waals surface area contributed by atoms with Crippen LogP contribution in [0.2, 0.25) is 0 Å². The van der Waals surface area contributed by atoms with Crippen LogP contribution >= 0.6 is 11.8 Å². The summed E-state index contributed by atoms with van der Waals surface area (Å²) in [6.07, 6.45) is 4.03. The molecule has 2 aromatic carbocycles. The first-order valence-corrected chi connectivity index (χ1v) is 9.63. The van der Waals surface area contributed by atoms with Crippen LogP contribution in [0.25, 0.3) is 6.08 Å². The second-order valence-corrected chi connectivity index (χ2v) is 6.76. The zero-order valence-corrected chi connectivity index (χ0v) is 16.6. The highest BCUT2D eigenvalue weighted by atomic mass is 32.2. The van der Waals surface area contributed by atoms with Crippen molar-refractivity contribution in [2.24, 2.45) is 0 Å². The summed E-state index contributed by atoms with van der Waals surface area (Å²) >= 11 is 1.65. The van der Waals surface area contributed by atoms with E-state index in [9.17, 15) is 9.59 Å². The molecule has 0 aliphatic rings. The maximum absolute atomic E-state index is 12.3. The van der Waals surface area contributed by atoms with Gasteiger partial charge in [0.2, 0.25) is 0 Å². The summed E-state index contributed by atoms with van der Waals surface area (Å²) in [6, 6.07) is 13.2. The summed E-state index contributed by atoms with van der Waals surface area (Å²) in [7, 11) is 1.53. The van der Waals surface area contributed by atoms with Crippen LogP contribution in [-0.4, -0.2) is 31.3 Å². The molecule has 1 atom stereocenters. The summed E-state index contributed by atoms with van der Waals surface area (Å²) in [6.45, 7) is 3.44. The normalized spacial score (nSPS) is 11.9. The minimum absolute atomic E-state index is 0.426. The zero-order chi connectivity index (χ0) is 19.8. The van der Waals surface area contributed by atoms with Crippen molar-refractivity contribution in [3.05, 3.63) is 59.7 Å². The van der Waals surface area contributed by atoms with E-state index in [0.717, 1.165) is 16.0 Å². The summed E-state index contributed by atoms with van der Waals surface area (Å²) < 4.78 is 10.4. The van der Waals surface area contributed by atoms with Crippen LogP contribution in [0, 0.1) is 6.92 Å². The van der Waals surface area contributed by atoms with Crippen molar-refractivity contribution in [3.8, 4) is 5.75 Å². The number of aryl methyl sites for hydroxylation is 1. The van der Waals surface area contributed by atoms with E-state index in [4.69, 9.17) is 9.47 Å². The van der Waals surface area contributed by atoms with Gasteiger partial charge in [0, 0.05) is 11.0 Å². The maximum Gasteiger partial charge on any atom is 0.331 e. The fraction of sp³-hybridized carbons (Fsp3) is 0.238. The predicted octanol–water partition coefficient (Wildman–Crippen LogP) is 4.31. The lowest BCUT2D eigenvalue weighted by Gasteiger charge is -2.15. The molecular weight excluding hydrogens is 362 g/mol. The number of anilines is 1. The molecule has 2 rings (SSSR count). The molecule has 0 unspecified atom stereocenters. The molecule has 0 aliphatic carbocycles. The monoisotopic (exact) mass is 385 g/mol.